The minimum Gasteiger partial charge on any atom is -0.396 e. The van der Waals surface area contributed by atoms with Gasteiger partial charge in [0.15, 0.2) is 0 Å². The van der Waals surface area contributed by atoms with Crippen molar-refractivity contribution in [1.29, 1.82) is 0 Å². The van der Waals surface area contributed by atoms with E-state index in [9.17, 15) is 9.18 Å². The molecule has 6 nitrogen and oxygen atoms in total. The molecule has 1 atom stereocenters. The van der Waals surface area contributed by atoms with E-state index < -0.39 is 11.8 Å². The summed E-state index contributed by atoms with van der Waals surface area (Å²) in [6.45, 7) is 1.80. The Balaban J connectivity index is 2.01. The number of aliphatic hydroxyl groups is 1. The molecule has 1 aromatic carbocycles. The van der Waals surface area contributed by atoms with Crippen LogP contribution in [-0.4, -0.2) is 33.6 Å². The average Bonchev–Trinajstić information content (AvgIpc) is 2.87. The van der Waals surface area contributed by atoms with Crippen LogP contribution in [0.2, 0.25) is 0 Å². The number of urea groups is 1. The molecule has 21 heavy (non-hydrogen) atoms. The molecule has 0 spiro atoms. The zero-order valence-corrected chi connectivity index (χ0v) is 11.6. The van der Waals surface area contributed by atoms with Crippen LogP contribution in [0.4, 0.5) is 14.9 Å². The number of nitrogens with one attached hydrogen (secondary N) is 2. The zero-order chi connectivity index (χ0) is 15.2. The number of carbonyl (C=O) groups is 1. The van der Waals surface area contributed by atoms with Gasteiger partial charge in [-0.15, -0.1) is 0 Å². The van der Waals surface area contributed by atoms with Gasteiger partial charge >= 0.3 is 6.03 Å². The van der Waals surface area contributed by atoms with Gasteiger partial charge in [-0.25, -0.2) is 13.9 Å². The minimum atomic E-state index is -0.399. The van der Waals surface area contributed by atoms with Crippen LogP contribution in [0.3, 0.4) is 0 Å². The number of hydrogen-bond donors (Lipinski definition) is 3. The number of aromatic nitrogens is 2. The highest BCUT2D eigenvalue weighted by atomic mass is 19.1. The molecule has 0 aliphatic carbocycles. The lowest BCUT2D eigenvalue weighted by Crippen LogP contribution is -2.36. The molecule has 0 unspecified atom stereocenters. The molecule has 2 aromatic rings. The van der Waals surface area contributed by atoms with Gasteiger partial charge in [0.1, 0.15) is 11.5 Å². The Kier molecular flexibility index (Phi) is 4.89. The van der Waals surface area contributed by atoms with E-state index in [1.807, 2.05) is 0 Å². The molecular weight excluding hydrogens is 275 g/mol. The van der Waals surface area contributed by atoms with Crippen molar-refractivity contribution in [3.63, 3.8) is 0 Å². The van der Waals surface area contributed by atoms with Crippen molar-refractivity contribution in [2.75, 3.05) is 11.9 Å². The number of aliphatic hydroxyl groups excluding tert-OH is 1. The van der Waals surface area contributed by atoms with Gasteiger partial charge in [-0.1, -0.05) is 12.1 Å². The third kappa shape index (κ3) is 4.03. The Morgan fingerprint density at radius 1 is 1.48 bits per heavy atom. The van der Waals surface area contributed by atoms with Gasteiger partial charge < -0.3 is 15.7 Å². The Morgan fingerprint density at radius 2 is 2.24 bits per heavy atom. The first-order valence-electron chi connectivity index (χ1n) is 6.58. The number of amides is 2. The number of hydrogen-bond acceptors (Lipinski definition) is 3. The maximum Gasteiger partial charge on any atom is 0.319 e. The van der Waals surface area contributed by atoms with Crippen molar-refractivity contribution in [1.82, 2.24) is 15.1 Å². The number of nitrogens with zero attached hydrogens (tertiary/aromatic N) is 2. The SMILES string of the molecule is C[C@H](CCO)NC(=O)Nc1cnn(-c2ccccc2F)c1. The lowest BCUT2D eigenvalue weighted by Gasteiger charge is -2.12. The van der Waals surface area contributed by atoms with Gasteiger partial charge in [-0.05, 0) is 25.5 Å². The van der Waals surface area contributed by atoms with Crippen LogP contribution in [0, 0.1) is 5.82 Å². The third-order valence-corrected chi connectivity index (χ3v) is 2.88. The summed E-state index contributed by atoms with van der Waals surface area (Å²) in [7, 11) is 0. The quantitative estimate of drug-likeness (QED) is 0.787. The first-order chi connectivity index (χ1) is 10.1. The summed E-state index contributed by atoms with van der Waals surface area (Å²) in [4.78, 5) is 11.7. The van der Waals surface area contributed by atoms with E-state index in [4.69, 9.17) is 5.11 Å². The Hall–Kier alpha value is -2.41. The highest BCUT2D eigenvalue weighted by Crippen LogP contribution is 2.14. The molecule has 7 heteroatoms. The molecule has 3 N–H and O–H groups in total. The van der Waals surface area contributed by atoms with Gasteiger partial charge in [0, 0.05) is 12.6 Å². The number of carbonyl (C=O) groups excluding carboxylic acids is 1. The van der Waals surface area contributed by atoms with Crippen LogP contribution >= 0.6 is 0 Å². The van der Waals surface area contributed by atoms with E-state index in [2.05, 4.69) is 15.7 Å². The molecule has 112 valence electrons. The molecule has 0 aliphatic heterocycles. The Labute approximate surface area is 121 Å². The molecule has 0 fully saturated rings. The number of halogens is 1. The summed E-state index contributed by atoms with van der Waals surface area (Å²) < 4.78 is 15.0. The summed E-state index contributed by atoms with van der Waals surface area (Å²) in [6, 6.07) is 5.69. The van der Waals surface area contributed by atoms with E-state index in [0.29, 0.717) is 17.8 Å². The smallest absolute Gasteiger partial charge is 0.319 e. The summed E-state index contributed by atoms with van der Waals surface area (Å²) >= 11 is 0. The second kappa shape index (κ2) is 6.85. The molecular formula is C14H17FN4O2. The maximum absolute atomic E-state index is 13.6. The monoisotopic (exact) mass is 292 g/mol. The van der Waals surface area contributed by atoms with Crippen LogP contribution in [-0.2, 0) is 0 Å². The van der Waals surface area contributed by atoms with Crippen molar-refractivity contribution in [2.24, 2.45) is 0 Å². The third-order valence-electron chi connectivity index (χ3n) is 2.88. The Bertz CT molecular complexity index is 615. The fourth-order valence-electron chi connectivity index (χ4n) is 1.81. The summed E-state index contributed by atoms with van der Waals surface area (Å²) in [5.74, 6) is -0.395. The van der Waals surface area contributed by atoms with E-state index in [0.717, 1.165) is 0 Å². The number of anilines is 1. The van der Waals surface area contributed by atoms with E-state index in [-0.39, 0.29) is 12.6 Å². The zero-order valence-electron chi connectivity index (χ0n) is 11.6. The normalized spacial score (nSPS) is 12.0. The van der Waals surface area contributed by atoms with Gasteiger partial charge in [0.25, 0.3) is 0 Å². The van der Waals surface area contributed by atoms with Crippen LogP contribution in [0.5, 0.6) is 0 Å². The second-order valence-corrected chi connectivity index (χ2v) is 4.64. The van der Waals surface area contributed by atoms with Crippen molar-refractivity contribution >= 4 is 11.7 Å². The molecule has 0 saturated carbocycles. The van der Waals surface area contributed by atoms with Crippen molar-refractivity contribution < 1.29 is 14.3 Å². The predicted molar refractivity (Wildman–Crippen MR) is 76.8 cm³/mol. The highest BCUT2D eigenvalue weighted by Gasteiger charge is 2.09. The topological polar surface area (TPSA) is 79.2 Å². The van der Waals surface area contributed by atoms with Gasteiger partial charge in [0.2, 0.25) is 0 Å². The van der Waals surface area contributed by atoms with Crippen LogP contribution in [0.1, 0.15) is 13.3 Å². The number of rotatable bonds is 5. The standard InChI is InChI=1S/C14H17FN4O2/c1-10(6-7-20)17-14(21)18-11-8-16-19(9-11)13-5-3-2-4-12(13)15/h2-5,8-10,20H,6-7H2,1H3,(H2,17,18,21)/t10-/m1/s1. The fourth-order valence-corrected chi connectivity index (χ4v) is 1.81. The fraction of sp³-hybridized carbons (Fsp3) is 0.286. The molecule has 0 saturated heterocycles. The van der Waals surface area contributed by atoms with E-state index in [1.165, 1.54) is 23.1 Å². The van der Waals surface area contributed by atoms with Crippen LogP contribution in [0.25, 0.3) is 5.69 Å². The molecule has 2 rings (SSSR count). The summed E-state index contributed by atoms with van der Waals surface area (Å²) in [5, 5.41) is 18.1. The predicted octanol–water partition coefficient (Wildman–Crippen LogP) is 1.90. The van der Waals surface area contributed by atoms with Gasteiger partial charge in [0.05, 0.1) is 18.1 Å². The largest absolute Gasteiger partial charge is 0.396 e. The summed E-state index contributed by atoms with van der Waals surface area (Å²) in [5.41, 5.74) is 0.756. The second-order valence-electron chi connectivity index (χ2n) is 4.64. The molecule has 0 bridgehead atoms. The van der Waals surface area contributed by atoms with Crippen molar-refractivity contribution in [2.45, 2.75) is 19.4 Å². The Morgan fingerprint density at radius 3 is 2.95 bits per heavy atom. The van der Waals surface area contributed by atoms with Crippen molar-refractivity contribution in [3.8, 4) is 5.69 Å². The van der Waals surface area contributed by atoms with Gasteiger partial charge in [-0.3, -0.25) is 0 Å². The first kappa shape index (κ1) is 15.0. The molecule has 2 amide bonds. The van der Waals surface area contributed by atoms with Crippen LogP contribution in [0.15, 0.2) is 36.7 Å². The molecule has 0 radical (unpaired) electrons. The first-order valence-corrected chi connectivity index (χ1v) is 6.58. The summed E-state index contributed by atoms with van der Waals surface area (Å²) in [6.07, 6.45) is 3.43. The molecule has 1 heterocycles. The minimum absolute atomic E-state index is 0.00661. The maximum atomic E-state index is 13.6. The van der Waals surface area contributed by atoms with Gasteiger partial charge in [-0.2, -0.15) is 5.10 Å². The lowest BCUT2D eigenvalue weighted by molar-refractivity contribution is 0.241. The molecule has 0 aliphatic rings. The van der Waals surface area contributed by atoms with Crippen molar-refractivity contribution in [3.05, 3.63) is 42.5 Å². The lowest BCUT2D eigenvalue weighted by atomic mass is 10.2. The van der Waals surface area contributed by atoms with Crippen LogP contribution < -0.4 is 10.6 Å². The van der Waals surface area contributed by atoms with E-state index in [1.54, 1.807) is 25.1 Å². The highest BCUT2D eigenvalue weighted by molar-refractivity contribution is 5.89. The number of benzene rings is 1. The average molecular weight is 292 g/mol. The number of para-hydroxylation sites is 1. The van der Waals surface area contributed by atoms with E-state index >= 15 is 0 Å². The molecule has 1 aromatic heterocycles.